The Hall–Kier alpha value is -4.33. The van der Waals surface area contributed by atoms with E-state index < -0.39 is 29.9 Å². The average molecular weight is 472 g/mol. The molecule has 0 unspecified atom stereocenters. The number of hydrogen-bond donors (Lipinski definition) is 2. The first kappa shape index (κ1) is 22.5. The minimum Gasteiger partial charge on any atom is -0.486 e. The van der Waals surface area contributed by atoms with E-state index in [0.717, 1.165) is 10.5 Å². The Kier molecular flexibility index (Phi) is 6.10. The van der Waals surface area contributed by atoms with E-state index in [-0.39, 0.29) is 25.7 Å². The number of nitrogens with zero attached hydrogens (tertiary/aromatic N) is 1. The third kappa shape index (κ3) is 4.55. The molecule has 2 atom stereocenters. The Morgan fingerprint density at radius 3 is 2.34 bits per heavy atom. The number of carbonyl (C=O) groups is 3. The van der Waals surface area contributed by atoms with E-state index >= 15 is 0 Å². The molecule has 178 valence electrons. The van der Waals surface area contributed by atoms with Crippen molar-refractivity contribution in [2.45, 2.75) is 18.1 Å². The molecule has 1 fully saturated rings. The maximum atomic E-state index is 13.6. The van der Waals surface area contributed by atoms with E-state index in [4.69, 9.17) is 9.47 Å². The molecule has 35 heavy (non-hydrogen) atoms. The van der Waals surface area contributed by atoms with Crippen LogP contribution in [0.25, 0.3) is 0 Å². The van der Waals surface area contributed by atoms with Crippen molar-refractivity contribution in [3.63, 3.8) is 0 Å². The van der Waals surface area contributed by atoms with Gasteiger partial charge >= 0.3 is 6.03 Å². The van der Waals surface area contributed by atoms with Crippen molar-refractivity contribution in [2.75, 3.05) is 19.7 Å². The van der Waals surface area contributed by atoms with Gasteiger partial charge in [0.15, 0.2) is 17.0 Å². The number of rotatable bonds is 7. The van der Waals surface area contributed by atoms with Crippen LogP contribution in [-0.2, 0) is 21.5 Å². The summed E-state index contributed by atoms with van der Waals surface area (Å²) in [7, 11) is 0. The number of para-hydroxylation sites is 2. The number of ether oxygens (including phenoxy) is 2. The van der Waals surface area contributed by atoms with Gasteiger partial charge in [-0.15, -0.1) is 0 Å². The molecule has 2 aliphatic heterocycles. The highest BCUT2D eigenvalue weighted by Crippen LogP contribution is 2.33. The zero-order valence-corrected chi connectivity index (χ0v) is 19.0. The van der Waals surface area contributed by atoms with Crippen molar-refractivity contribution in [3.05, 3.63) is 96.1 Å². The maximum absolute atomic E-state index is 13.6. The zero-order valence-electron chi connectivity index (χ0n) is 19.0. The summed E-state index contributed by atoms with van der Waals surface area (Å²) in [6.07, 6.45) is -0.105. The van der Waals surface area contributed by atoms with Gasteiger partial charge in [0.05, 0.1) is 6.54 Å². The van der Waals surface area contributed by atoms with Gasteiger partial charge < -0.3 is 20.1 Å². The third-order valence-corrected chi connectivity index (χ3v) is 6.15. The maximum Gasteiger partial charge on any atom is 0.325 e. The fourth-order valence-electron chi connectivity index (χ4n) is 4.40. The SMILES string of the molecule is O=C(CN1C(=O)N[C@@](Cc2ccccc2)(c2ccccc2)C1=O)NC[C@H]1COc2ccccc2O1. The summed E-state index contributed by atoms with van der Waals surface area (Å²) < 4.78 is 11.5. The number of fused-ring (bicyclic) bond motifs is 1. The van der Waals surface area contributed by atoms with E-state index in [1.165, 1.54) is 0 Å². The molecule has 3 aromatic rings. The topological polar surface area (TPSA) is 97.0 Å². The molecule has 0 radical (unpaired) electrons. The van der Waals surface area contributed by atoms with Crippen molar-refractivity contribution in [1.82, 2.24) is 15.5 Å². The second-order valence-electron chi connectivity index (χ2n) is 8.56. The summed E-state index contributed by atoms with van der Waals surface area (Å²) in [5, 5.41) is 5.62. The molecule has 2 N–H and O–H groups in total. The molecule has 0 spiro atoms. The largest absolute Gasteiger partial charge is 0.486 e. The van der Waals surface area contributed by atoms with Crippen LogP contribution in [0.15, 0.2) is 84.9 Å². The molecule has 0 bridgehead atoms. The molecule has 1 saturated heterocycles. The van der Waals surface area contributed by atoms with Crippen molar-refractivity contribution in [2.24, 2.45) is 0 Å². The van der Waals surface area contributed by atoms with E-state index in [1.807, 2.05) is 78.9 Å². The van der Waals surface area contributed by atoms with Crippen molar-refractivity contribution in [1.29, 1.82) is 0 Å². The molecule has 8 nitrogen and oxygen atoms in total. The average Bonchev–Trinajstić information content (AvgIpc) is 3.13. The van der Waals surface area contributed by atoms with Gasteiger partial charge in [-0.2, -0.15) is 0 Å². The van der Waals surface area contributed by atoms with Crippen molar-refractivity contribution >= 4 is 17.8 Å². The smallest absolute Gasteiger partial charge is 0.325 e. The van der Waals surface area contributed by atoms with Crippen LogP contribution < -0.4 is 20.1 Å². The van der Waals surface area contributed by atoms with Gasteiger partial charge in [-0.25, -0.2) is 4.79 Å². The summed E-state index contributed by atoms with van der Waals surface area (Å²) >= 11 is 0. The molecular weight excluding hydrogens is 446 g/mol. The van der Waals surface area contributed by atoms with Gasteiger partial charge in [0.2, 0.25) is 5.91 Å². The van der Waals surface area contributed by atoms with Crippen molar-refractivity contribution < 1.29 is 23.9 Å². The van der Waals surface area contributed by atoms with E-state index in [9.17, 15) is 14.4 Å². The van der Waals surface area contributed by atoms with Crippen LogP contribution in [0.1, 0.15) is 11.1 Å². The quantitative estimate of drug-likeness (QED) is 0.517. The van der Waals surface area contributed by atoms with Crippen LogP contribution in [0.2, 0.25) is 0 Å². The Morgan fingerprint density at radius 2 is 1.60 bits per heavy atom. The van der Waals surface area contributed by atoms with Gasteiger partial charge in [0, 0.05) is 6.42 Å². The molecular formula is C27H25N3O5. The number of nitrogens with one attached hydrogen (secondary N) is 2. The van der Waals surface area contributed by atoms with Crippen LogP contribution in [0.3, 0.4) is 0 Å². The summed E-state index contributed by atoms with van der Waals surface area (Å²) in [6, 6.07) is 25.3. The highest BCUT2D eigenvalue weighted by Gasteiger charge is 2.52. The Balaban J connectivity index is 1.27. The lowest BCUT2D eigenvalue weighted by molar-refractivity contribution is -0.135. The Morgan fingerprint density at radius 1 is 0.943 bits per heavy atom. The molecule has 5 rings (SSSR count). The molecule has 0 aromatic heterocycles. The van der Waals surface area contributed by atoms with Gasteiger partial charge in [-0.05, 0) is 23.3 Å². The van der Waals surface area contributed by atoms with Crippen LogP contribution >= 0.6 is 0 Å². The highest BCUT2D eigenvalue weighted by molar-refractivity contribution is 6.09. The summed E-state index contributed by atoms with van der Waals surface area (Å²) in [5.41, 5.74) is 0.270. The molecule has 3 aromatic carbocycles. The molecule has 4 amide bonds. The summed E-state index contributed by atoms with van der Waals surface area (Å²) in [6.45, 7) is 0.0808. The van der Waals surface area contributed by atoms with Gasteiger partial charge in [0.25, 0.3) is 5.91 Å². The number of imide groups is 1. The summed E-state index contributed by atoms with van der Waals surface area (Å²) in [5.74, 6) is 0.351. The predicted molar refractivity (Wildman–Crippen MR) is 128 cm³/mol. The third-order valence-electron chi connectivity index (χ3n) is 6.15. The number of hydrogen-bond acceptors (Lipinski definition) is 5. The molecule has 0 saturated carbocycles. The zero-order chi connectivity index (χ0) is 24.3. The fraction of sp³-hybridized carbons (Fsp3) is 0.222. The monoisotopic (exact) mass is 471 g/mol. The van der Waals surface area contributed by atoms with E-state index in [2.05, 4.69) is 10.6 Å². The molecule has 2 heterocycles. The fourth-order valence-corrected chi connectivity index (χ4v) is 4.40. The Bertz CT molecular complexity index is 1230. The van der Waals surface area contributed by atoms with Crippen LogP contribution in [0.5, 0.6) is 11.5 Å². The van der Waals surface area contributed by atoms with Crippen LogP contribution in [0, 0.1) is 0 Å². The van der Waals surface area contributed by atoms with E-state index in [0.29, 0.717) is 17.1 Å². The molecule has 8 heteroatoms. The number of amides is 4. The van der Waals surface area contributed by atoms with Gasteiger partial charge in [-0.3, -0.25) is 14.5 Å². The number of urea groups is 1. The van der Waals surface area contributed by atoms with Crippen LogP contribution in [-0.4, -0.2) is 48.5 Å². The molecule has 2 aliphatic rings. The lowest BCUT2D eigenvalue weighted by Crippen LogP contribution is -2.48. The van der Waals surface area contributed by atoms with Crippen LogP contribution in [0.4, 0.5) is 4.79 Å². The van der Waals surface area contributed by atoms with Gasteiger partial charge in [0.1, 0.15) is 19.3 Å². The lowest BCUT2D eigenvalue weighted by atomic mass is 9.83. The second kappa shape index (κ2) is 9.50. The standard InChI is InChI=1S/C27H25N3O5/c31-24(28-16-21-18-34-22-13-7-8-14-23(22)35-21)17-30-25(32)27(29-26(30)33,20-11-5-2-6-12-20)15-19-9-3-1-4-10-19/h1-14,21H,15-18H2,(H,28,31)(H,29,33)/t21-,27-/m0/s1. The van der Waals surface area contributed by atoms with Crippen molar-refractivity contribution in [3.8, 4) is 11.5 Å². The highest BCUT2D eigenvalue weighted by atomic mass is 16.6. The van der Waals surface area contributed by atoms with Gasteiger partial charge in [-0.1, -0.05) is 72.8 Å². The lowest BCUT2D eigenvalue weighted by Gasteiger charge is -2.28. The van der Waals surface area contributed by atoms with E-state index in [1.54, 1.807) is 6.07 Å². The Labute approximate surface area is 202 Å². The normalized spacial score (nSPS) is 20.9. The first-order valence-electron chi connectivity index (χ1n) is 11.4. The predicted octanol–water partition coefficient (Wildman–Crippen LogP) is 2.63. The summed E-state index contributed by atoms with van der Waals surface area (Å²) in [4.78, 5) is 40.2. The minimum absolute atomic E-state index is 0.185. The molecule has 0 aliphatic carbocycles. The second-order valence-corrected chi connectivity index (χ2v) is 8.56. The first-order valence-corrected chi connectivity index (χ1v) is 11.4. The first-order chi connectivity index (χ1) is 17.0. The number of benzene rings is 3. The number of carbonyl (C=O) groups excluding carboxylic acids is 3. The minimum atomic E-state index is -1.29.